The Morgan fingerprint density at radius 2 is 1.76 bits per heavy atom. The van der Waals surface area contributed by atoms with Gasteiger partial charge in [-0.15, -0.1) is 0 Å². The maximum atomic E-state index is 12.7. The molecule has 3 rings (SSSR count). The molecule has 0 atom stereocenters. The summed E-state index contributed by atoms with van der Waals surface area (Å²) >= 11 is 0. The van der Waals surface area contributed by atoms with Gasteiger partial charge in [0, 0.05) is 17.4 Å². The molecule has 0 saturated carbocycles. The molecule has 0 aliphatic rings. The third-order valence-electron chi connectivity index (χ3n) is 3.18. The fourth-order valence-corrected chi connectivity index (χ4v) is 2.08. The van der Waals surface area contributed by atoms with Crippen molar-refractivity contribution in [1.82, 2.24) is 9.97 Å². The largest absolute Gasteiger partial charge is 0.439 e. The van der Waals surface area contributed by atoms with Crippen molar-refractivity contribution in [2.45, 2.75) is 6.18 Å². The van der Waals surface area contributed by atoms with Crippen LogP contribution in [0.3, 0.4) is 0 Å². The van der Waals surface area contributed by atoms with Crippen molar-refractivity contribution in [2.24, 2.45) is 0 Å². The first-order chi connectivity index (χ1) is 11.9. The van der Waals surface area contributed by atoms with Gasteiger partial charge in [-0.25, -0.2) is 9.97 Å². The molecule has 25 heavy (non-hydrogen) atoms. The van der Waals surface area contributed by atoms with Crippen LogP contribution in [0.2, 0.25) is 0 Å². The minimum atomic E-state index is -4.44. The van der Waals surface area contributed by atoms with Gasteiger partial charge in [0.05, 0.1) is 5.56 Å². The molecule has 0 unspecified atom stereocenters. The number of nitrogen functional groups attached to an aromatic ring is 1. The van der Waals surface area contributed by atoms with Gasteiger partial charge >= 0.3 is 6.18 Å². The van der Waals surface area contributed by atoms with E-state index >= 15 is 0 Å². The Kier molecular flexibility index (Phi) is 4.42. The summed E-state index contributed by atoms with van der Waals surface area (Å²) in [7, 11) is 0. The standard InChI is InChI=1S/C17H13F3N4O/c18-17(19,20)11-3-1-6-14(7-11)25-16-9-15(22-10-23-16)24-13-5-2-4-12(21)8-13/h1-10H,21H2,(H,22,23,24). The molecule has 0 radical (unpaired) electrons. The van der Waals surface area contributed by atoms with Crippen molar-refractivity contribution < 1.29 is 17.9 Å². The van der Waals surface area contributed by atoms with E-state index in [1.165, 1.54) is 24.5 Å². The highest BCUT2D eigenvalue weighted by molar-refractivity contribution is 5.61. The van der Waals surface area contributed by atoms with Crippen molar-refractivity contribution >= 4 is 17.2 Å². The fraction of sp³-hybridized carbons (Fsp3) is 0.0588. The molecule has 0 amide bonds. The third kappa shape index (κ3) is 4.37. The molecule has 0 aliphatic heterocycles. The summed E-state index contributed by atoms with van der Waals surface area (Å²) in [6.45, 7) is 0. The van der Waals surface area contributed by atoms with Crippen molar-refractivity contribution in [2.75, 3.05) is 11.1 Å². The van der Waals surface area contributed by atoms with Gasteiger partial charge in [0.2, 0.25) is 5.88 Å². The second kappa shape index (κ2) is 6.68. The van der Waals surface area contributed by atoms with Crippen LogP contribution in [-0.4, -0.2) is 9.97 Å². The molecule has 1 heterocycles. The number of rotatable bonds is 4. The number of benzene rings is 2. The average Bonchev–Trinajstić information content (AvgIpc) is 2.55. The van der Waals surface area contributed by atoms with Crippen molar-refractivity contribution in [3.63, 3.8) is 0 Å². The van der Waals surface area contributed by atoms with Gasteiger partial charge in [-0.05, 0) is 36.4 Å². The fourth-order valence-electron chi connectivity index (χ4n) is 2.08. The molecule has 0 saturated heterocycles. The molecule has 0 spiro atoms. The lowest BCUT2D eigenvalue weighted by molar-refractivity contribution is -0.137. The maximum absolute atomic E-state index is 12.7. The number of alkyl halides is 3. The first-order valence-corrected chi connectivity index (χ1v) is 7.20. The molecule has 3 N–H and O–H groups in total. The number of nitrogens with zero attached hydrogens (tertiary/aromatic N) is 2. The Morgan fingerprint density at radius 3 is 2.52 bits per heavy atom. The highest BCUT2D eigenvalue weighted by Crippen LogP contribution is 2.32. The number of nitrogens with two attached hydrogens (primary N) is 1. The minimum Gasteiger partial charge on any atom is -0.439 e. The summed E-state index contributed by atoms with van der Waals surface area (Å²) in [6.07, 6.45) is -3.19. The molecule has 1 aromatic heterocycles. The molecule has 0 bridgehead atoms. The number of halogens is 3. The lowest BCUT2D eigenvalue weighted by Crippen LogP contribution is -2.04. The Morgan fingerprint density at radius 1 is 0.960 bits per heavy atom. The van der Waals surface area contributed by atoms with Gasteiger partial charge in [-0.1, -0.05) is 12.1 Å². The molecule has 0 fully saturated rings. The Bertz CT molecular complexity index is 884. The van der Waals surface area contributed by atoms with Crippen molar-refractivity contribution in [3.05, 3.63) is 66.5 Å². The zero-order chi connectivity index (χ0) is 17.9. The highest BCUT2D eigenvalue weighted by Gasteiger charge is 2.30. The summed E-state index contributed by atoms with van der Waals surface area (Å²) in [4.78, 5) is 7.95. The second-order valence-corrected chi connectivity index (χ2v) is 5.12. The van der Waals surface area contributed by atoms with Crippen LogP contribution in [0.25, 0.3) is 0 Å². The summed E-state index contributed by atoms with van der Waals surface area (Å²) in [6, 6.07) is 13.1. The molecule has 2 aromatic carbocycles. The predicted octanol–water partition coefficient (Wildman–Crippen LogP) is 4.61. The van der Waals surface area contributed by atoms with E-state index in [9.17, 15) is 13.2 Å². The van der Waals surface area contributed by atoms with Gasteiger partial charge in [0.15, 0.2) is 0 Å². The first kappa shape index (κ1) is 16.6. The number of nitrogens with one attached hydrogen (secondary N) is 1. The smallest absolute Gasteiger partial charge is 0.416 e. The van der Waals surface area contributed by atoms with Gasteiger partial charge in [-0.3, -0.25) is 0 Å². The number of hydrogen-bond acceptors (Lipinski definition) is 5. The number of ether oxygens (including phenoxy) is 1. The Hall–Kier alpha value is -3.29. The van der Waals surface area contributed by atoms with E-state index in [0.717, 1.165) is 12.1 Å². The normalized spacial score (nSPS) is 11.2. The van der Waals surface area contributed by atoms with E-state index in [-0.39, 0.29) is 11.6 Å². The van der Waals surface area contributed by atoms with Gasteiger partial charge < -0.3 is 15.8 Å². The highest BCUT2D eigenvalue weighted by atomic mass is 19.4. The molecule has 5 nitrogen and oxygen atoms in total. The Labute approximate surface area is 141 Å². The lowest BCUT2D eigenvalue weighted by Gasteiger charge is -2.10. The van der Waals surface area contributed by atoms with Crippen LogP contribution in [0.1, 0.15) is 5.56 Å². The molecule has 128 valence electrons. The minimum absolute atomic E-state index is 0.0310. The van der Waals surface area contributed by atoms with Gasteiger partial charge in [0.1, 0.15) is 17.9 Å². The number of hydrogen-bond donors (Lipinski definition) is 2. The van der Waals surface area contributed by atoms with Crippen LogP contribution < -0.4 is 15.8 Å². The monoisotopic (exact) mass is 346 g/mol. The third-order valence-corrected chi connectivity index (χ3v) is 3.18. The van der Waals surface area contributed by atoms with Gasteiger partial charge in [-0.2, -0.15) is 13.2 Å². The van der Waals surface area contributed by atoms with Crippen LogP contribution in [0.4, 0.5) is 30.4 Å². The summed E-state index contributed by atoms with van der Waals surface area (Å²) in [5.74, 6) is 0.562. The van der Waals surface area contributed by atoms with E-state index in [0.29, 0.717) is 17.2 Å². The van der Waals surface area contributed by atoms with Crippen molar-refractivity contribution in [3.8, 4) is 11.6 Å². The zero-order valence-electron chi connectivity index (χ0n) is 12.8. The molecule has 3 aromatic rings. The predicted molar refractivity (Wildman–Crippen MR) is 87.7 cm³/mol. The quantitative estimate of drug-likeness (QED) is 0.675. The van der Waals surface area contributed by atoms with E-state index in [4.69, 9.17) is 10.5 Å². The molecule has 8 heteroatoms. The Balaban J connectivity index is 1.78. The SMILES string of the molecule is Nc1cccc(Nc2cc(Oc3cccc(C(F)(F)F)c3)ncn2)c1. The first-order valence-electron chi connectivity index (χ1n) is 7.20. The van der Waals surface area contributed by atoms with E-state index < -0.39 is 11.7 Å². The lowest BCUT2D eigenvalue weighted by atomic mass is 10.2. The summed E-state index contributed by atoms with van der Waals surface area (Å²) in [5.41, 5.74) is 6.20. The average molecular weight is 346 g/mol. The van der Waals surface area contributed by atoms with Crippen LogP contribution in [0, 0.1) is 0 Å². The van der Waals surface area contributed by atoms with Crippen LogP contribution in [-0.2, 0) is 6.18 Å². The van der Waals surface area contributed by atoms with Crippen LogP contribution in [0.5, 0.6) is 11.6 Å². The number of anilines is 3. The maximum Gasteiger partial charge on any atom is 0.416 e. The topological polar surface area (TPSA) is 73.1 Å². The summed E-state index contributed by atoms with van der Waals surface area (Å²) < 4.78 is 43.6. The van der Waals surface area contributed by atoms with Crippen LogP contribution >= 0.6 is 0 Å². The molecule has 0 aliphatic carbocycles. The zero-order valence-corrected chi connectivity index (χ0v) is 12.8. The van der Waals surface area contributed by atoms with E-state index in [2.05, 4.69) is 15.3 Å². The van der Waals surface area contributed by atoms with E-state index in [1.54, 1.807) is 24.3 Å². The van der Waals surface area contributed by atoms with E-state index in [1.807, 2.05) is 0 Å². The second-order valence-electron chi connectivity index (χ2n) is 5.12. The summed E-state index contributed by atoms with van der Waals surface area (Å²) in [5, 5.41) is 3.02. The number of aromatic nitrogens is 2. The van der Waals surface area contributed by atoms with Crippen LogP contribution in [0.15, 0.2) is 60.9 Å². The van der Waals surface area contributed by atoms with Gasteiger partial charge in [0.25, 0.3) is 0 Å². The molecular weight excluding hydrogens is 333 g/mol. The van der Waals surface area contributed by atoms with Crippen molar-refractivity contribution in [1.29, 1.82) is 0 Å². The molecular formula is C17H13F3N4O.